The second-order valence-electron chi connectivity index (χ2n) is 16.4. The van der Waals surface area contributed by atoms with E-state index >= 15 is 0 Å². The van der Waals surface area contributed by atoms with Crippen molar-refractivity contribution in [3.05, 3.63) is 249 Å². The van der Waals surface area contributed by atoms with Crippen LogP contribution in [0.15, 0.2) is 253 Å². The molecule has 0 amide bonds. The van der Waals surface area contributed by atoms with Crippen molar-refractivity contribution >= 4 is 100 Å². The van der Waals surface area contributed by atoms with Crippen molar-refractivity contribution < 1.29 is 4.42 Å². The number of anilines is 3. The van der Waals surface area contributed by atoms with Gasteiger partial charge in [-0.05, 0) is 101 Å². The van der Waals surface area contributed by atoms with Gasteiger partial charge in [-0.2, -0.15) is 0 Å². The molecule has 0 aliphatic heterocycles. The minimum absolute atomic E-state index is 0.865. The average molecular weight is 820 g/mol. The van der Waals surface area contributed by atoms with E-state index in [4.69, 9.17) is 4.42 Å². The molecule has 0 saturated carbocycles. The topological polar surface area (TPSA) is 16.4 Å². The summed E-state index contributed by atoms with van der Waals surface area (Å²) >= 11 is 0. The summed E-state index contributed by atoms with van der Waals surface area (Å²) in [5.41, 5.74) is 7.20. The summed E-state index contributed by atoms with van der Waals surface area (Å²) in [5.74, 6) is 0. The lowest BCUT2D eigenvalue weighted by molar-refractivity contribution is 0.669. The fourth-order valence-corrected chi connectivity index (χ4v) is 14.9. The molecule has 0 unspecified atom stereocenters. The van der Waals surface area contributed by atoms with Crippen LogP contribution >= 0.6 is 0 Å². The van der Waals surface area contributed by atoms with Crippen LogP contribution < -0.4 is 25.6 Å². The Kier molecular flexibility index (Phi) is 8.87. The van der Waals surface area contributed by atoms with E-state index in [0.29, 0.717) is 0 Å². The van der Waals surface area contributed by atoms with Gasteiger partial charge in [-0.25, -0.2) is 0 Å². The van der Waals surface area contributed by atoms with E-state index in [2.05, 4.69) is 248 Å². The van der Waals surface area contributed by atoms with E-state index in [1.54, 1.807) is 0 Å². The molecule has 0 bridgehead atoms. The Morgan fingerprint density at radius 2 is 0.698 bits per heavy atom. The maximum absolute atomic E-state index is 6.71. The minimum atomic E-state index is -2.63. The highest BCUT2D eigenvalue weighted by molar-refractivity contribution is 7.19. The second-order valence-corrected chi connectivity index (χ2v) is 20.2. The molecule has 1 heterocycles. The molecular formula is C60H41NOSi. The smallest absolute Gasteiger partial charge is 0.179 e. The first-order valence-electron chi connectivity index (χ1n) is 21.7. The lowest BCUT2D eigenvalue weighted by Crippen LogP contribution is -2.74. The van der Waals surface area contributed by atoms with E-state index in [0.717, 1.165) is 44.6 Å². The van der Waals surface area contributed by atoms with Gasteiger partial charge in [-0.15, -0.1) is 0 Å². The number of benzene rings is 11. The Hall–Kier alpha value is -7.98. The van der Waals surface area contributed by atoms with Gasteiger partial charge in [0.1, 0.15) is 5.58 Å². The number of hydrogen-bond acceptors (Lipinski definition) is 2. The molecule has 1 aromatic heterocycles. The van der Waals surface area contributed by atoms with Crippen molar-refractivity contribution in [2.75, 3.05) is 4.90 Å². The molecule has 0 atom stereocenters. The number of fused-ring (bicyclic) bond motifs is 9. The third-order valence-electron chi connectivity index (χ3n) is 13.0. The lowest BCUT2D eigenvalue weighted by atomic mass is 9.94. The van der Waals surface area contributed by atoms with Crippen molar-refractivity contribution in [1.82, 2.24) is 0 Å². The van der Waals surface area contributed by atoms with Crippen LogP contribution in [0.1, 0.15) is 0 Å². The lowest BCUT2D eigenvalue weighted by Gasteiger charge is -2.34. The first kappa shape index (κ1) is 36.8. The summed E-state index contributed by atoms with van der Waals surface area (Å²) in [5, 5.41) is 15.2. The van der Waals surface area contributed by atoms with Crippen LogP contribution in [0, 0.1) is 0 Å². The van der Waals surface area contributed by atoms with E-state index in [-0.39, 0.29) is 0 Å². The molecule has 0 aliphatic rings. The molecule has 0 radical (unpaired) electrons. The zero-order valence-electron chi connectivity index (χ0n) is 34.5. The maximum Gasteiger partial charge on any atom is 0.179 e. The first-order chi connectivity index (χ1) is 31.3. The Bertz CT molecular complexity index is 3470. The van der Waals surface area contributed by atoms with Crippen molar-refractivity contribution in [2.45, 2.75) is 0 Å². The number of hydrogen-bond donors (Lipinski definition) is 0. The summed E-state index contributed by atoms with van der Waals surface area (Å²) in [7, 11) is -2.63. The number of nitrogens with zero attached hydrogens (tertiary/aromatic N) is 1. The Balaban J connectivity index is 1.00. The molecule has 63 heavy (non-hydrogen) atoms. The molecular weight excluding hydrogens is 779 g/mol. The molecule has 0 spiro atoms. The van der Waals surface area contributed by atoms with Crippen LogP contribution in [0.25, 0.3) is 65.4 Å². The summed E-state index contributed by atoms with van der Waals surface area (Å²) in [6.45, 7) is 0. The molecule has 3 heteroatoms. The molecule has 0 saturated heterocycles. The summed E-state index contributed by atoms with van der Waals surface area (Å²) in [4.78, 5) is 2.36. The van der Waals surface area contributed by atoms with Gasteiger partial charge in [0.05, 0.1) is 5.69 Å². The van der Waals surface area contributed by atoms with Crippen molar-refractivity contribution in [2.24, 2.45) is 0 Å². The third-order valence-corrected chi connectivity index (χ3v) is 17.8. The van der Waals surface area contributed by atoms with Gasteiger partial charge in [0, 0.05) is 22.1 Å². The fraction of sp³-hybridized carbons (Fsp3) is 0. The Labute approximate surface area is 367 Å². The standard InChI is InChI=1S/C60H41NOSi/c1-4-17-46(18-5-1)63(47-19-6-2-7-20-47,48-21-8-3-9-22-48)49-38-33-43(34-39-49)42-31-35-44(36-32-42)61(58-29-16-28-56-55-27-14-15-30-59(55)62-60(56)58)45-37-40-54-52-25-11-10-23-50(52)51-24-12-13-26-53(51)57(54)41-45/h1-41H. The highest BCUT2D eigenvalue weighted by Gasteiger charge is 2.41. The average Bonchev–Trinajstić information content (AvgIpc) is 3.75. The quantitative estimate of drug-likeness (QED) is 0.0863. The minimum Gasteiger partial charge on any atom is -0.454 e. The molecule has 0 N–H and O–H groups in total. The summed E-state index contributed by atoms with van der Waals surface area (Å²) in [6.07, 6.45) is 0. The Morgan fingerprint density at radius 3 is 1.25 bits per heavy atom. The molecule has 12 rings (SSSR count). The van der Waals surface area contributed by atoms with Gasteiger partial charge in [-0.3, -0.25) is 0 Å². The monoisotopic (exact) mass is 819 g/mol. The van der Waals surface area contributed by atoms with Gasteiger partial charge in [0.2, 0.25) is 0 Å². The molecule has 2 nitrogen and oxygen atoms in total. The van der Waals surface area contributed by atoms with E-state index in [9.17, 15) is 0 Å². The van der Waals surface area contributed by atoms with Crippen molar-refractivity contribution in [1.29, 1.82) is 0 Å². The number of para-hydroxylation sites is 2. The zero-order chi connectivity index (χ0) is 41.7. The maximum atomic E-state index is 6.71. The summed E-state index contributed by atoms with van der Waals surface area (Å²) in [6, 6.07) is 91.0. The normalized spacial score (nSPS) is 11.8. The largest absolute Gasteiger partial charge is 0.454 e. The van der Waals surface area contributed by atoms with Crippen molar-refractivity contribution in [3.63, 3.8) is 0 Å². The predicted molar refractivity (Wildman–Crippen MR) is 270 cm³/mol. The molecule has 296 valence electrons. The number of rotatable bonds is 8. The van der Waals surface area contributed by atoms with Crippen LogP contribution in [-0.2, 0) is 0 Å². The van der Waals surface area contributed by atoms with Gasteiger partial charge < -0.3 is 9.32 Å². The zero-order valence-corrected chi connectivity index (χ0v) is 35.5. The van der Waals surface area contributed by atoms with Gasteiger partial charge in [-0.1, -0.05) is 212 Å². The van der Waals surface area contributed by atoms with Gasteiger partial charge in [0.25, 0.3) is 0 Å². The predicted octanol–water partition coefficient (Wildman–Crippen LogP) is 13.6. The number of furan rings is 1. The van der Waals surface area contributed by atoms with Crippen LogP contribution in [-0.4, -0.2) is 8.07 Å². The molecule has 0 aliphatic carbocycles. The van der Waals surface area contributed by atoms with Gasteiger partial charge >= 0.3 is 0 Å². The molecule has 0 fully saturated rings. The fourth-order valence-electron chi connectivity index (χ4n) is 10.2. The highest BCUT2D eigenvalue weighted by Crippen LogP contribution is 2.44. The van der Waals surface area contributed by atoms with E-state index in [1.165, 1.54) is 58.6 Å². The SMILES string of the molecule is c1ccc([Si](c2ccccc2)(c2ccccc2)c2ccc(-c3ccc(N(c4ccc5c6ccccc6c6ccccc6c5c4)c4cccc5c4oc4ccccc45)cc3)cc2)cc1. The van der Waals surface area contributed by atoms with Crippen molar-refractivity contribution in [3.8, 4) is 11.1 Å². The molecule has 12 aromatic rings. The van der Waals surface area contributed by atoms with E-state index in [1.807, 2.05) is 6.07 Å². The first-order valence-corrected chi connectivity index (χ1v) is 23.7. The van der Waals surface area contributed by atoms with Crippen LogP contribution in [0.4, 0.5) is 17.1 Å². The highest BCUT2D eigenvalue weighted by atomic mass is 28.3. The van der Waals surface area contributed by atoms with Gasteiger partial charge in [0.15, 0.2) is 13.7 Å². The van der Waals surface area contributed by atoms with Crippen LogP contribution in [0.3, 0.4) is 0 Å². The van der Waals surface area contributed by atoms with Crippen LogP contribution in [0.2, 0.25) is 0 Å². The Morgan fingerprint density at radius 1 is 0.286 bits per heavy atom. The second kappa shape index (κ2) is 15.2. The third kappa shape index (κ3) is 6.00. The molecule has 11 aromatic carbocycles. The van der Waals surface area contributed by atoms with Crippen LogP contribution in [0.5, 0.6) is 0 Å². The summed E-state index contributed by atoms with van der Waals surface area (Å²) < 4.78 is 6.71. The van der Waals surface area contributed by atoms with E-state index < -0.39 is 8.07 Å².